The Morgan fingerprint density at radius 3 is 2.88 bits per heavy atom. The standard InChI is InChI=1S/C11H21NO3S/c1-4-16-8-7-15-11(2,3)9-12-6-5-10(13)14/h4,12H,1,5-9H2,2-3H3,(H,13,14). The van der Waals surface area contributed by atoms with Gasteiger partial charge < -0.3 is 15.2 Å². The van der Waals surface area contributed by atoms with Gasteiger partial charge in [-0.05, 0) is 19.3 Å². The molecule has 0 rings (SSSR count). The van der Waals surface area contributed by atoms with Gasteiger partial charge in [0.15, 0.2) is 0 Å². The second kappa shape index (κ2) is 8.61. The normalized spacial score (nSPS) is 11.4. The van der Waals surface area contributed by atoms with Crippen LogP contribution in [0, 0.1) is 0 Å². The van der Waals surface area contributed by atoms with Crippen LogP contribution in [0.15, 0.2) is 12.0 Å². The van der Waals surface area contributed by atoms with Crippen LogP contribution >= 0.6 is 11.8 Å². The van der Waals surface area contributed by atoms with E-state index in [-0.39, 0.29) is 12.0 Å². The van der Waals surface area contributed by atoms with Crippen molar-refractivity contribution in [2.24, 2.45) is 0 Å². The maximum atomic E-state index is 10.3. The van der Waals surface area contributed by atoms with Crippen LogP contribution in [0.3, 0.4) is 0 Å². The van der Waals surface area contributed by atoms with E-state index in [1.54, 1.807) is 17.2 Å². The van der Waals surface area contributed by atoms with Crippen LogP contribution in [0.1, 0.15) is 20.3 Å². The average Bonchev–Trinajstić information content (AvgIpc) is 2.19. The Labute approximate surface area is 101 Å². The Bertz CT molecular complexity index is 219. The molecule has 0 spiro atoms. The van der Waals surface area contributed by atoms with Crippen molar-refractivity contribution in [3.8, 4) is 0 Å². The Balaban J connectivity index is 3.53. The molecule has 0 atom stereocenters. The van der Waals surface area contributed by atoms with E-state index in [0.717, 1.165) is 5.75 Å². The second-order valence-electron chi connectivity index (χ2n) is 3.97. The highest BCUT2D eigenvalue weighted by atomic mass is 32.2. The van der Waals surface area contributed by atoms with Gasteiger partial charge in [0.2, 0.25) is 0 Å². The molecule has 0 aromatic heterocycles. The molecule has 0 heterocycles. The number of carboxylic acid groups (broad SMARTS) is 1. The third kappa shape index (κ3) is 10.0. The van der Waals surface area contributed by atoms with Crippen LogP contribution < -0.4 is 5.32 Å². The average molecular weight is 247 g/mol. The molecule has 0 saturated heterocycles. The zero-order chi connectivity index (χ0) is 12.4. The molecule has 0 aliphatic heterocycles. The molecule has 4 nitrogen and oxygen atoms in total. The maximum absolute atomic E-state index is 10.3. The predicted molar refractivity (Wildman–Crippen MR) is 67.8 cm³/mol. The molecule has 0 saturated carbocycles. The molecule has 94 valence electrons. The van der Waals surface area contributed by atoms with Crippen molar-refractivity contribution in [2.75, 3.05) is 25.4 Å². The summed E-state index contributed by atoms with van der Waals surface area (Å²) in [6.45, 7) is 9.38. The molecule has 2 N–H and O–H groups in total. The van der Waals surface area contributed by atoms with Crippen LogP contribution in [0.4, 0.5) is 0 Å². The topological polar surface area (TPSA) is 58.6 Å². The summed E-state index contributed by atoms with van der Waals surface area (Å²) in [5.74, 6) is 0.107. The van der Waals surface area contributed by atoms with Crippen molar-refractivity contribution in [1.29, 1.82) is 0 Å². The quantitative estimate of drug-likeness (QED) is 0.576. The van der Waals surface area contributed by atoms with E-state index in [1.165, 1.54) is 0 Å². The molecule has 0 aromatic rings. The van der Waals surface area contributed by atoms with Crippen LogP contribution in [0.5, 0.6) is 0 Å². The van der Waals surface area contributed by atoms with E-state index in [9.17, 15) is 4.79 Å². The van der Waals surface area contributed by atoms with Gasteiger partial charge in [0.1, 0.15) is 0 Å². The number of aliphatic carboxylic acids is 1. The fourth-order valence-corrected chi connectivity index (χ4v) is 1.43. The highest BCUT2D eigenvalue weighted by Gasteiger charge is 2.17. The van der Waals surface area contributed by atoms with Crippen molar-refractivity contribution >= 4 is 17.7 Å². The van der Waals surface area contributed by atoms with Crippen LogP contribution in [-0.4, -0.2) is 42.1 Å². The summed E-state index contributed by atoms with van der Waals surface area (Å²) in [6, 6.07) is 0. The number of rotatable bonds is 10. The first-order chi connectivity index (χ1) is 7.48. The Hall–Kier alpha value is -0.520. The number of hydrogen-bond donors (Lipinski definition) is 2. The van der Waals surface area contributed by atoms with Crippen molar-refractivity contribution in [3.63, 3.8) is 0 Å². The summed E-state index contributed by atoms with van der Waals surface area (Å²) in [4.78, 5) is 10.3. The van der Waals surface area contributed by atoms with Gasteiger partial charge in [0.05, 0.1) is 18.6 Å². The lowest BCUT2D eigenvalue weighted by atomic mass is 10.1. The van der Waals surface area contributed by atoms with Crippen LogP contribution in [0.2, 0.25) is 0 Å². The molecular weight excluding hydrogens is 226 g/mol. The molecule has 0 unspecified atom stereocenters. The smallest absolute Gasteiger partial charge is 0.304 e. The van der Waals surface area contributed by atoms with Gasteiger partial charge >= 0.3 is 5.97 Å². The van der Waals surface area contributed by atoms with E-state index < -0.39 is 5.97 Å². The van der Waals surface area contributed by atoms with E-state index in [0.29, 0.717) is 19.7 Å². The second-order valence-corrected chi connectivity index (χ2v) is 5.04. The fourth-order valence-electron chi connectivity index (χ4n) is 1.09. The van der Waals surface area contributed by atoms with Gasteiger partial charge in [-0.2, -0.15) is 0 Å². The first-order valence-corrected chi connectivity index (χ1v) is 6.32. The fraction of sp³-hybridized carbons (Fsp3) is 0.727. The predicted octanol–water partition coefficient (Wildman–Crippen LogP) is 1.72. The Morgan fingerprint density at radius 1 is 1.62 bits per heavy atom. The van der Waals surface area contributed by atoms with Crippen molar-refractivity contribution in [2.45, 2.75) is 25.9 Å². The van der Waals surface area contributed by atoms with Crippen molar-refractivity contribution < 1.29 is 14.6 Å². The number of carbonyl (C=O) groups is 1. The lowest BCUT2D eigenvalue weighted by Gasteiger charge is -2.25. The van der Waals surface area contributed by atoms with Crippen LogP contribution in [0.25, 0.3) is 0 Å². The van der Waals surface area contributed by atoms with Crippen molar-refractivity contribution in [1.82, 2.24) is 5.32 Å². The number of nitrogens with one attached hydrogen (secondary N) is 1. The van der Waals surface area contributed by atoms with Gasteiger partial charge in [-0.25, -0.2) is 0 Å². The molecule has 0 radical (unpaired) electrons. The number of thioether (sulfide) groups is 1. The minimum Gasteiger partial charge on any atom is -0.481 e. The molecular formula is C11H21NO3S. The third-order valence-corrected chi connectivity index (χ3v) is 2.52. The van der Waals surface area contributed by atoms with Gasteiger partial charge in [-0.15, -0.1) is 11.8 Å². The molecule has 0 aliphatic rings. The largest absolute Gasteiger partial charge is 0.481 e. The zero-order valence-corrected chi connectivity index (χ0v) is 10.8. The molecule has 0 bridgehead atoms. The first kappa shape index (κ1) is 15.5. The van der Waals surface area contributed by atoms with Gasteiger partial charge in [0.25, 0.3) is 0 Å². The maximum Gasteiger partial charge on any atom is 0.304 e. The lowest BCUT2D eigenvalue weighted by molar-refractivity contribution is -0.136. The Morgan fingerprint density at radius 2 is 2.31 bits per heavy atom. The van der Waals surface area contributed by atoms with Gasteiger partial charge in [0, 0.05) is 18.8 Å². The number of ether oxygens (including phenoxy) is 1. The molecule has 16 heavy (non-hydrogen) atoms. The monoisotopic (exact) mass is 247 g/mol. The first-order valence-electron chi connectivity index (χ1n) is 5.27. The van der Waals surface area contributed by atoms with E-state index >= 15 is 0 Å². The van der Waals surface area contributed by atoms with E-state index in [4.69, 9.17) is 9.84 Å². The summed E-state index contributed by atoms with van der Waals surface area (Å²) in [5, 5.41) is 13.3. The zero-order valence-electron chi connectivity index (χ0n) is 9.99. The van der Waals surface area contributed by atoms with Gasteiger partial charge in [-0.1, -0.05) is 6.58 Å². The minimum absolute atomic E-state index is 0.141. The molecule has 5 heteroatoms. The van der Waals surface area contributed by atoms with E-state index in [1.807, 2.05) is 13.8 Å². The Kier molecular flexibility index (Phi) is 8.33. The highest BCUT2D eigenvalue weighted by molar-refractivity contribution is 8.02. The summed E-state index contributed by atoms with van der Waals surface area (Å²) in [6.07, 6.45) is 0.141. The number of carboxylic acids is 1. The summed E-state index contributed by atoms with van der Waals surface area (Å²) in [5.41, 5.74) is -0.264. The molecule has 0 aliphatic carbocycles. The van der Waals surface area contributed by atoms with E-state index in [2.05, 4.69) is 11.9 Å². The SMILES string of the molecule is C=CSCCOC(C)(C)CNCCC(=O)O. The van der Waals surface area contributed by atoms with Gasteiger partial charge in [-0.3, -0.25) is 4.79 Å². The molecule has 0 aromatic carbocycles. The minimum atomic E-state index is -0.784. The highest BCUT2D eigenvalue weighted by Crippen LogP contribution is 2.09. The summed E-state index contributed by atoms with van der Waals surface area (Å²) < 4.78 is 5.66. The molecule has 0 amide bonds. The van der Waals surface area contributed by atoms with Crippen molar-refractivity contribution in [3.05, 3.63) is 12.0 Å². The summed E-state index contributed by atoms with van der Waals surface area (Å²) in [7, 11) is 0. The van der Waals surface area contributed by atoms with Crippen LogP contribution in [-0.2, 0) is 9.53 Å². The third-order valence-electron chi connectivity index (χ3n) is 1.88. The molecule has 0 fully saturated rings. The number of hydrogen-bond acceptors (Lipinski definition) is 4. The lowest BCUT2D eigenvalue weighted by Crippen LogP contribution is -2.39. The summed E-state index contributed by atoms with van der Waals surface area (Å²) >= 11 is 1.62.